The molecule has 2 heterocycles. The van der Waals surface area contributed by atoms with Crippen molar-refractivity contribution in [1.82, 2.24) is 0 Å². The number of anilines is 1. The number of morpholine rings is 1. The van der Waals surface area contributed by atoms with Crippen LogP contribution in [0.25, 0.3) is 10.9 Å². The van der Waals surface area contributed by atoms with Crippen LogP contribution in [0.5, 0.6) is 5.75 Å². The number of nitrogens with zero attached hydrogens (tertiary/aromatic N) is 1. The smallest absolute Gasteiger partial charge is 0.212 e. The van der Waals surface area contributed by atoms with Crippen LogP contribution < -0.4 is 14.6 Å². The van der Waals surface area contributed by atoms with E-state index in [2.05, 4.69) is 16.0 Å². The molecule has 3 aromatic rings. The molecule has 1 N–H and O–H groups in total. The highest BCUT2D eigenvalue weighted by molar-refractivity contribution is 6.15. The molecule has 27 heavy (non-hydrogen) atoms. The van der Waals surface area contributed by atoms with Gasteiger partial charge in [0.25, 0.3) is 0 Å². The topological polar surface area (TPSA) is 52.9 Å². The molecule has 1 fully saturated rings. The first-order chi connectivity index (χ1) is 13.3. The molecule has 1 aromatic heterocycles. The van der Waals surface area contributed by atoms with Gasteiger partial charge in [-0.25, -0.2) is 4.98 Å². The number of hydrogen-bond acceptors (Lipinski definition) is 4. The fourth-order valence-electron chi connectivity index (χ4n) is 3.50. The number of nitrogens with one attached hydrogen (secondary N) is 1. The number of ether oxygens (including phenoxy) is 2. The van der Waals surface area contributed by atoms with Crippen LogP contribution >= 0.6 is 0 Å². The Kier molecular flexibility index (Phi) is 5.03. The zero-order valence-corrected chi connectivity index (χ0v) is 15.4. The Labute approximate surface area is 158 Å². The Morgan fingerprint density at radius 3 is 2.59 bits per heavy atom. The summed E-state index contributed by atoms with van der Waals surface area (Å²) in [6.45, 7) is 5.44. The second-order valence-corrected chi connectivity index (χ2v) is 6.48. The predicted octanol–water partition coefficient (Wildman–Crippen LogP) is 3.12. The minimum Gasteiger partial charge on any atom is -0.494 e. The summed E-state index contributed by atoms with van der Waals surface area (Å²) >= 11 is 0. The monoisotopic (exact) mass is 363 g/mol. The van der Waals surface area contributed by atoms with Gasteiger partial charge in [-0.2, -0.15) is 0 Å². The molecule has 0 aliphatic carbocycles. The maximum absolute atomic E-state index is 13.3. The molecule has 5 heteroatoms. The van der Waals surface area contributed by atoms with E-state index >= 15 is 0 Å². The number of pyridine rings is 1. The first kappa shape index (κ1) is 17.5. The van der Waals surface area contributed by atoms with E-state index in [1.54, 1.807) is 0 Å². The van der Waals surface area contributed by atoms with Gasteiger partial charge < -0.3 is 14.4 Å². The molecule has 4 rings (SSSR count). The Morgan fingerprint density at radius 2 is 1.85 bits per heavy atom. The number of ketones is 1. The van der Waals surface area contributed by atoms with Crippen molar-refractivity contribution in [3.63, 3.8) is 0 Å². The van der Waals surface area contributed by atoms with Crippen molar-refractivity contribution < 1.29 is 19.3 Å². The summed E-state index contributed by atoms with van der Waals surface area (Å²) < 4.78 is 11.0. The van der Waals surface area contributed by atoms with Gasteiger partial charge in [0, 0.05) is 24.7 Å². The van der Waals surface area contributed by atoms with Gasteiger partial charge in [-0.15, -0.1) is 0 Å². The maximum Gasteiger partial charge on any atom is 0.212 e. The van der Waals surface area contributed by atoms with Crippen LogP contribution in [0.3, 0.4) is 0 Å². The van der Waals surface area contributed by atoms with Crippen LogP contribution in [0.1, 0.15) is 22.8 Å². The molecule has 1 saturated heterocycles. The summed E-state index contributed by atoms with van der Waals surface area (Å²) in [5.41, 5.74) is 3.32. The Balaban J connectivity index is 1.79. The first-order valence-electron chi connectivity index (χ1n) is 9.31. The molecule has 0 saturated carbocycles. The van der Waals surface area contributed by atoms with E-state index in [4.69, 9.17) is 9.47 Å². The number of aromatic nitrogens is 1. The third-order valence-corrected chi connectivity index (χ3v) is 4.81. The normalized spacial score (nSPS) is 14.3. The van der Waals surface area contributed by atoms with Crippen molar-refractivity contribution in [2.75, 3.05) is 37.8 Å². The molecular formula is C22H23N2O3+. The summed E-state index contributed by atoms with van der Waals surface area (Å²) in [5.74, 6) is 0.772. The van der Waals surface area contributed by atoms with Crippen molar-refractivity contribution in [2.24, 2.45) is 0 Å². The summed E-state index contributed by atoms with van der Waals surface area (Å²) in [5, 5.41) is 1.05. The molecule has 1 aliphatic rings. The zero-order valence-electron chi connectivity index (χ0n) is 15.4. The molecular weight excluding hydrogens is 340 g/mol. The van der Waals surface area contributed by atoms with Gasteiger partial charge in [0.1, 0.15) is 11.3 Å². The second-order valence-electron chi connectivity index (χ2n) is 6.48. The lowest BCUT2D eigenvalue weighted by Gasteiger charge is -2.30. The number of para-hydroxylation sites is 1. The highest BCUT2D eigenvalue weighted by Crippen LogP contribution is 2.30. The number of benzene rings is 2. The van der Waals surface area contributed by atoms with Gasteiger partial charge in [-0.05, 0) is 37.3 Å². The molecule has 1 aliphatic heterocycles. The lowest BCUT2D eigenvalue weighted by Crippen LogP contribution is -2.37. The predicted molar refractivity (Wildman–Crippen MR) is 105 cm³/mol. The summed E-state index contributed by atoms with van der Waals surface area (Å²) in [7, 11) is 0. The average molecular weight is 363 g/mol. The van der Waals surface area contributed by atoms with E-state index in [0.29, 0.717) is 30.9 Å². The molecule has 0 radical (unpaired) electrons. The summed E-state index contributed by atoms with van der Waals surface area (Å²) in [4.78, 5) is 18.8. The minimum atomic E-state index is 0.00143. The van der Waals surface area contributed by atoms with Gasteiger partial charge in [0.2, 0.25) is 11.3 Å². The Morgan fingerprint density at radius 1 is 1.11 bits per heavy atom. The zero-order chi connectivity index (χ0) is 18.6. The first-order valence-corrected chi connectivity index (χ1v) is 9.31. The van der Waals surface area contributed by atoms with Crippen LogP contribution in [0.4, 0.5) is 5.69 Å². The number of carbonyl (C=O) groups excluding carboxylic acids is 1. The van der Waals surface area contributed by atoms with Crippen LogP contribution in [-0.4, -0.2) is 38.7 Å². The number of rotatable bonds is 5. The molecule has 2 aromatic carbocycles. The van der Waals surface area contributed by atoms with Crippen LogP contribution in [-0.2, 0) is 4.74 Å². The quantitative estimate of drug-likeness (QED) is 0.654. The SMILES string of the molecule is CCOc1ccc(C(=O)c2c[nH+]c3ccccc3c2N2CCOCC2)cc1. The maximum atomic E-state index is 13.3. The Bertz CT molecular complexity index is 947. The highest BCUT2D eigenvalue weighted by atomic mass is 16.5. The van der Waals surface area contributed by atoms with E-state index in [-0.39, 0.29) is 5.78 Å². The van der Waals surface area contributed by atoms with E-state index in [1.165, 1.54) is 0 Å². The van der Waals surface area contributed by atoms with E-state index in [0.717, 1.165) is 35.4 Å². The van der Waals surface area contributed by atoms with Gasteiger partial charge >= 0.3 is 0 Å². The summed E-state index contributed by atoms with van der Waals surface area (Å²) in [6.07, 6.45) is 1.83. The number of aromatic amines is 1. The molecule has 5 nitrogen and oxygen atoms in total. The molecule has 0 spiro atoms. The molecule has 0 bridgehead atoms. The summed E-state index contributed by atoms with van der Waals surface area (Å²) in [6, 6.07) is 15.4. The van der Waals surface area contributed by atoms with Crippen LogP contribution in [0.15, 0.2) is 54.7 Å². The second kappa shape index (κ2) is 7.76. The van der Waals surface area contributed by atoms with Crippen molar-refractivity contribution in [3.05, 3.63) is 65.9 Å². The number of carbonyl (C=O) groups is 1. The van der Waals surface area contributed by atoms with Crippen molar-refractivity contribution in [3.8, 4) is 5.75 Å². The van der Waals surface area contributed by atoms with E-state index < -0.39 is 0 Å². The highest BCUT2D eigenvalue weighted by Gasteiger charge is 2.25. The molecule has 0 unspecified atom stereocenters. The van der Waals surface area contributed by atoms with Gasteiger partial charge in [0.05, 0.1) is 30.9 Å². The fourth-order valence-corrected chi connectivity index (χ4v) is 3.50. The average Bonchev–Trinajstić information content (AvgIpc) is 2.74. The van der Waals surface area contributed by atoms with Crippen LogP contribution in [0.2, 0.25) is 0 Å². The molecule has 0 amide bonds. The van der Waals surface area contributed by atoms with Gasteiger partial charge in [-0.1, -0.05) is 12.1 Å². The van der Waals surface area contributed by atoms with Crippen molar-refractivity contribution >= 4 is 22.4 Å². The molecule has 0 atom stereocenters. The van der Waals surface area contributed by atoms with Gasteiger partial charge in [-0.3, -0.25) is 4.79 Å². The van der Waals surface area contributed by atoms with Crippen molar-refractivity contribution in [1.29, 1.82) is 0 Å². The van der Waals surface area contributed by atoms with E-state index in [1.807, 2.05) is 55.6 Å². The number of fused-ring (bicyclic) bond motifs is 1. The standard InChI is InChI=1S/C22H22N2O3/c1-2-27-17-9-7-16(8-10-17)22(25)19-15-23-20-6-4-3-5-18(20)21(19)24-11-13-26-14-12-24/h3-10,15H,2,11-14H2,1H3/p+1. The molecule has 138 valence electrons. The van der Waals surface area contributed by atoms with Crippen molar-refractivity contribution in [2.45, 2.75) is 6.92 Å². The lowest BCUT2D eigenvalue weighted by molar-refractivity contribution is -0.344. The minimum absolute atomic E-state index is 0.00143. The van der Waals surface area contributed by atoms with E-state index in [9.17, 15) is 4.79 Å². The van der Waals surface area contributed by atoms with Crippen LogP contribution in [0, 0.1) is 0 Å². The number of hydrogen-bond donors (Lipinski definition) is 0. The number of H-pyrrole nitrogens is 1. The largest absolute Gasteiger partial charge is 0.494 e. The third kappa shape index (κ3) is 3.51. The lowest BCUT2D eigenvalue weighted by atomic mass is 9.99. The Hall–Kier alpha value is -2.92. The fraction of sp³-hybridized carbons (Fsp3) is 0.273. The third-order valence-electron chi connectivity index (χ3n) is 4.81. The van der Waals surface area contributed by atoms with Gasteiger partial charge in [0.15, 0.2) is 6.20 Å².